The summed E-state index contributed by atoms with van der Waals surface area (Å²) >= 11 is 0. The van der Waals surface area contributed by atoms with Gasteiger partial charge in [0.2, 0.25) is 0 Å². The van der Waals surface area contributed by atoms with Crippen molar-refractivity contribution in [3.05, 3.63) is 42.1 Å². The quantitative estimate of drug-likeness (QED) is 0.932. The van der Waals surface area contributed by atoms with Crippen LogP contribution < -0.4 is 5.32 Å². The first kappa shape index (κ1) is 13.2. The highest BCUT2D eigenvalue weighted by Gasteiger charge is 2.30. The van der Waals surface area contributed by atoms with Gasteiger partial charge in [-0.05, 0) is 43.4 Å². The van der Waals surface area contributed by atoms with E-state index in [0.717, 1.165) is 24.7 Å². The van der Waals surface area contributed by atoms with Crippen LogP contribution in [0.5, 0.6) is 0 Å². The van der Waals surface area contributed by atoms with E-state index >= 15 is 0 Å². The summed E-state index contributed by atoms with van der Waals surface area (Å²) in [7, 11) is 0. The minimum Gasteiger partial charge on any atom is -0.373 e. The summed E-state index contributed by atoms with van der Waals surface area (Å²) in [5, 5.41) is 4.92. The molecule has 3 nitrogen and oxygen atoms in total. The van der Waals surface area contributed by atoms with E-state index in [2.05, 4.69) is 34.6 Å². The zero-order valence-corrected chi connectivity index (χ0v) is 12.3. The predicted octanol–water partition coefficient (Wildman–Crippen LogP) is 3.45. The molecule has 1 aliphatic carbocycles. The molecule has 0 amide bonds. The minimum absolute atomic E-state index is 0.206. The molecule has 1 N–H and O–H groups in total. The van der Waals surface area contributed by atoms with Crippen LogP contribution in [-0.4, -0.2) is 24.2 Å². The molecule has 1 aliphatic heterocycles. The lowest BCUT2D eigenvalue weighted by molar-refractivity contribution is -0.0270. The van der Waals surface area contributed by atoms with Crippen LogP contribution in [0, 0.1) is 5.92 Å². The Labute approximate surface area is 125 Å². The maximum absolute atomic E-state index is 6.17. The van der Waals surface area contributed by atoms with Gasteiger partial charge in [0, 0.05) is 36.7 Å². The van der Waals surface area contributed by atoms with E-state index in [1.165, 1.54) is 36.6 Å². The van der Waals surface area contributed by atoms with E-state index < -0.39 is 0 Å². The van der Waals surface area contributed by atoms with Crippen molar-refractivity contribution in [1.82, 2.24) is 10.3 Å². The van der Waals surface area contributed by atoms with Gasteiger partial charge in [-0.1, -0.05) is 18.2 Å². The van der Waals surface area contributed by atoms with Crippen molar-refractivity contribution in [2.45, 2.75) is 37.8 Å². The van der Waals surface area contributed by atoms with Gasteiger partial charge in [-0.15, -0.1) is 0 Å². The van der Waals surface area contributed by atoms with Crippen LogP contribution in [0.2, 0.25) is 0 Å². The van der Waals surface area contributed by atoms with Crippen molar-refractivity contribution < 1.29 is 4.74 Å². The molecular weight excluding hydrogens is 260 g/mol. The number of hydrogen-bond donors (Lipinski definition) is 1. The van der Waals surface area contributed by atoms with E-state index in [1.807, 2.05) is 12.3 Å². The summed E-state index contributed by atoms with van der Waals surface area (Å²) in [6.07, 6.45) is 7.24. The second kappa shape index (κ2) is 5.74. The Balaban J connectivity index is 1.63. The third-order valence-electron chi connectivity index (χ3n) is 4.68. The van der Waals surface area contributed by atoms with Gasteiger partial charge in [0.15, 0.2) is 0 Å². The van der Waals surface area contributed by atoms with Crippen molar-refractivity contribution >= 4 is 10.9 Å². The molecule has 1 saturated carbocycles. The first-order valence-electron chi connectivity index (χ1n) is 8.10. The molecule has 0 radical (unpaired) electrons. The summed E-state index contributed by atoms with van der Waals surface area (Å²) in [6, 6.07) is 11.3. The minimum atomic E-state index is 0.206. The SMILES string of the molecule is c1ccc2c(C3OCCCC3CNC3CC3)ccnc2c1. The van der Waals surface area contributed by atoms with E-state index in [9.17, 15) is 0 Å². The van der Waals surface area contributed by atoms with E-state index in [-0.39, 0.29) is 6.10 Å². The molecule has 21 heavy (non-hydrogen) atoms. The highest BCUT2D eigenvalue weighted by atomic mass is 16.5. The molecule has 2 atom stereocenters. The molecule has 0 spiro atoms. The Morgan fingerprint density at radius 3 is 2.95 bits per heavy atom. The summed E-state index contributed by atoms with van der Waals surface area (Å²) < 4.78 is 6.17. The largest absolute Gasteiger partial charge is 0.373 e. The van der Waals surface area contributed by atoms with E-state index in [0.29, 0.717) is 5.92 Å². The van der Waals surface area contributed by atoms with Crippen LogP contribution in [0.1, 0.15) is 37.4 Å². The Morgan fingerprint density at radius 1 is 1.14 bits per heavy atom. The van der Waals surface area contributed by atoms with Crippen molar-refractivity contribution in [3.8, 4) is 0 Å². The van der Waals surface area contributed by atoms with Gasteiger partial charge in [0.1, 0.15) is 0 Å². The number of hydrogen-bond acceptors (Lipinski definition) is 3. The smallest absolute Gasteiger partial charge is 0.0872 e. The Hall–Kier alpha value is -1.45. The molecule has 4 rings (SSSR count). The number of ether oxygens (including phenoxy) is 1. The summed E-state index contributed by atoms with van der Waals surface area (Å²) in [4.78, 5) is 4.47. The van der Waals surface area contributed by atoms with Gasteiger partial charge >= 0.3 is 0 Å². The van der Waals surface area contributed by atoms with Gasteiger partial charge in [-0.2, -0.15) is 0 Å². The molecule has 1 aromatic heterocycles. The van der Waals surface area contributed by atoms with Crippen LogP contribution in [0.3, 0.4) is 0 Å². The molecule has 3 heteroatoms. The average Bonchev–Trinajstić information content (AvgIpc) is 3.37. The van der Waals surface area contributed by atoms with Gasteiger partial charge in [0.25, 0.3) is 0 Å². The van der Waals surface area contributed by atoms with Crippen molar-refractivity contribution in [2.75, 3.05) is 13.2 Å². The van der Waals surface area contributed by atoms with E-state index in [4.69, 9.17) is 4.74 Å². The zero-order chi connectivity index (χ0) is 14.1. The molecule has 2 heterocycles. The van der Waals surface area contributed by atoms with Gasteiger partial charge in [-0.3, -0.25) is 4.98 Å². The Kier molecular flexibility index (Phi) is 3.62. The molecule has 110 valence electrons. The van der Waals surface area contributed by atoms with Gasteiger partial charge < -0.3 is 10.1 Å². The predicted molar refractivity (Wildman–Crippen MR) is 84.2 cm³/mol. The van der Waals surface area contributed by atoms with Crippen LogP contribution in [-0.2, 0) is 4.74 Å². The molecule has 1 saturated heterocycles. The molecule has 2 aromatic rings. The number of fused-ring (bicyclic) bond motifs is 1. The lowest BCUT2D eigenvalue weighted by Gasteiger charge is -2.33. The summed E-state index contributed by atoms with van der Waals surface area (Å²) in [6.45, 7) is 1.95. The van der Waals surface area contributed by atoms with Crippen LogP contribution in [0.4, 0.5) is 0 Å². The third-order valence-corrected chi connectivity index (χ3v) is 4.68. The molecule has 1 aromatic carbocycles. The van der Waals surface area contributed by atoms with Crippen molar-refractivity contribution in [1.29, 1.82) is 0 Å². The fraction of sp³-hybridized carbons (Fsp3) is 0.500. The van der Waals surface area contributed by atoms with E-state index in [1.54, 1.807) is 0 Å². The standard InChI is InChI=1S/C18H22N2O/c1-2-6-17-15(5-1)16(9-10-19-17)18-13(4-3-11-21-18)12-20-14-7-8-14/h1-2,5-6,9-10,13-14,18,20H,3-4,7-8,11-12H2. The Morgan fingerprint density at radius 2 is 2.05 bits per heavy atom. The third kappa shape index (κ3) is 2.81. The number of nitrogens with zero attached hydrogens (tertiary/aromatic N) is 1. The first-order chi connectivity index (χ1) is 10.4. The van der Waals surface area contributed by atoms with Gasteiger partial charge in [0.05, 0.1) is 11.6 Å². The average molecular weight is 282 g/mol. The zero-order valence-electron chi connectivity index (χ0n) is 12.3. The summed E-state index contributed by atoms with van der Waals surface area (Å²) in [5.74, 6) is 0.574. The Bertz CT molecular complexity index is 618. The van der Waals surface area contributed by atoms with Crippen molar-refractivity contribution in [3.63, 3.8) is 0 Å². The monoisotopic (exact) mass is 282 g/mol. The number of nitrogens with one attached hydrogen (secondary N) is 1. The lowest BCUT2D eigenvalue weighted by atomic mass is 9.88. The topological polar surface area (TPSA) is 34.1 Å². The normalized spacial score (nSPS) is 26.1. The molecule has 2 aliphatic rings. The fourth-order valence-electron chi connectivity index (χ4n) is 3.37. The number of aromatic nitrogens is 1. The number of benzene rings is 1. The maximum Gasteiger partial charge on any atom is 0.0872 e. The fourth-order valence-corrected chi connectivity index (χ4v) is 3.37. The second-order valence-electron chi connectivity index (χ2n) is 6.29. The van der Waals surface area contributed by atoms with Crippen molar-refractivity contribution in [2.24, 2.45) is 5.92 Å². The molecule has 0 bridgehead atoms. The number of para-hydroxylation sites is 1. The van der Waals surface area contributed by atoms with Crippen LogP contribution in [0.25, 0.3) is 10.9 Å². The molecular formula is C18H22N2O. The van der Waals surface area contributed by atoms with Crippen LogP contribution >= 0.6 is 0 Å². The van der Waals surface area contributed by atoms with Gasteiger partial charge in [-0.25, -0.2) is 0 Å². The summed E-state index contributed by atoms with van der Waals surface area (Å²) in [5.41, 5.74) is 2.38. The lowest BCUT2D eigenvalue weighted by Crippen LogP contribution is -2.33. The highest BCUT2D eigenvalue weighted by molar-refractivity contribution is 5.82. The second-order valence-corrected chi connectivity index (χ2v) is 6.29. The number of pyridine rings is 1. The maximum atomic E-state index is 6.17. The van der Waals surface area contributed by atoms with Crippen LogP contribution in [0.15, 0.2) is 36.5 Å². The molecule has 2 unspecified atom stereocenters. The highest BCUT2D eigenvalue weighted by Crippen LogP contribution is 2.36. The first-order valence-corrected chi connectivity index (χ1v) is 8.10. The number of rotatable bonds is 4. The molecule has 2 fully saturated rings.